The fourth-order valence-electron chi connectivity index (χ4n) is 4.87. The summed E-state index contributed by atoms with van der Waals surface area (Å²) in [6, 6.07) is 7.70. The number of hydrogen-bond acceptors (Lipinski definition) is 5. The summed E-state index contributed by atoms with van der Waals surface area (Å²) in [4.78, 5) is 27.1. The number of carbonyl (C=O) groups is 1. The first kappa shape index (κ1) is 24.0. The Kier molecular flexibility index (Phi) is 7.25. The third kappa shape index (κ3) is 5.67. The average molecular weight is 470 g/mol. The van der Waals surface area contributed by atoms with Crippen molar-refractivity contribution >= 4 is 23.3 Å². The number of aryl methyl sites for hydroxylation is 1. The Morgan fingerprint density at radius 2 is 1.85 bits per heavy atom. The van der Waals surface area contributed by atoms with Crippen LogP contribution in [0.2, 0.25) is 5.02 Å². The summed E-state index contributed by atoms with van der Waals surface area (Å²) in [6.07, 6.45) is 3.87. The van der Waals surface area contributed by atoms with Gasteiger partial charge in [0.05, 0.1) is 5.92 Å². The molecule has 1 fully saturated rings. The van der Waals surface area contributed by atoms with Crippen LogP contribution in [0, 0.1) is 5.41 Å². The van der Waals surface area contributed by atoms with E-state index in [4.69, 9.17) is 11.6 Å². The second kappa shape index (κ2) is 9.98. The SMILES string of the molecule is C[C@@H]1CCc2ncnc(N3CCN(C(=O)[C@H](CNCC(C)(C)C)c4ccc(Cl)cc4)CC3)c21. The number of rotatable bonds is 6. The maximum absolute atomic E-state index is 13.6. The molecular formula is C26H36ClN5O. The van der Waals surface area contributed by atoms with Crippen molar-refractivity contribution in [1.29, 1.82) is 0 Å². The maximum atomic E-state index is 13.6. The molecule has 0 saturated carbocycles. The molecule has 2 aromatic rings. The summed E-state index contributed by atoms with van der Waals surface area (Å²) in [6.45, 7) is 13.3. The number of halogens is 1. The summed E-state index contributed by atoms with van der Waals surface area (Å²) < 4.78 is 0. The van der Waals surface area contributed by atoms with Crippen molar-refractivity contribution in [3.63, 3.8) is 0 Å². The molecule has 1 aromatic carbocycles. The third-order valence-electron chi connectivity index (χ3n) is 6.72. The fraction of sp³-hybridized carbons (Fsp3) is 0.577. The number of amides is 1. The minimum Gasteiger partial charge on any atom is -0.353 e. The Labute approximate surface area is 202 Å². The molecule has 4 rings (SSSR count). The Bertz CT molecular complexity index is 964. The highest BCUT2D eigenvalue weighted by molar-refractivity contribution is 6.30. The van der Waals surface area contributed by atoms with E-state index in [9.17, 15) is 4.79 Å². The van der Waals surface area contributed by atoms with E-state index in [0.29, 0.717) is 30.6 Å². The number of nitrogens with one attached hydrogen (secondary N) is 1. The molecule has 0 unspecified atom stereocenters. The van der Waals surface area contributed by atoms with Gasteiger partial charge in [0, 0.05) is 55.5 Å². The molecule has 0 spiro atoms. The summed E-state index contributed by atoms with van der Waals surface area (Å²) in [7, 11) is 0. The highest BCUT2D eigenvalue weighted by Gasteiger charge is 2.32. The molecule has 1 amide bonds. The van der Waals surface area contributed by atoms with Crippen LogP contribution >= 0.6 is 11.6 Å². The normalized spacial score (nSPS) is 19.5. The fourth-order valence-corrected chi connectivity index (χ4v) is 4.99. The van der Waals surface area contributed by atoms with Crippen molar-refractivity contribution in [2.45, 2.75) is 52.4 Å². The van der Waals surface area contributed by atoms with E-state index in [1.165, 1.54) is 11.3 Å². The van der Waals surface area contributed by atoms with Gasteiger partial charge < -0.3 is 15.1 Å². The lowest BCUT2D eigenvalue weighted by molar-refractivity contribution is -0.133. The summed E-state index contributed by atoms with van der Waals surface area (Å²) >= 11 is 6.11. The Morgan fingerprint density at radius 1 is 1.15 bits per heavy atom. The minimum absolute atomic E-state index is 0.161. The number of benzene rings is 1. The Morgan fingerprint density at radius 3 is 2.52 bits per heavy atom. The van der Waals surface area contributed by atoms with E-state index in [1.807, 2.05) is 29.2 Å². The zero-order chi connectivity index (χ0) is 23.6. The lowest BCUT2D eigenvalue weighted by atomic mass is 9.94. The van der Waals surface area contributed by atoms with Gasteiger partial charge in [0.25, 0.3) is 0 Å². The third-order valence-corrected chi connectivity index (χ3v) is 6.97. The van der Waals surface area contributed by atoms with Crippen molar-refractivity contribution < 1.29 is 4.79 Å². The Balaban J connectivity index is 1.45. The second-order valence-electron chi connectivity index (χ2n) is 10.6. The monoisotopic (exact) mass is 469 g/mol. The minimum atomic E-state index is -0.223. The molecule has 2 atom stereocenters. The van der Waals surface area contributed by atoms with Crippen LogP contribution < -0.4 is 10.2 Å². The first-order chi connectivity index (χ1) is 15.7. The van der Waals surface area contributed by atoms with Gasteiger partial charge in [0.1, 0.15) is 12.1 Å². The predicted molar refractivity (Wildman–Crippen MR) is 134 cm³/mol. The van der Waals surface area contributed by atoms with Crippen molar-refractivity contribution in [2.75, 3.05) is 44.2 Å². The largest absolute Gasteiger partial charge is 0.353 e. The topological polar surface area (TPSA) is 61.4 Å². The van der Waals surface area contributed by atoms with Crippen LogP contribution in [0.15, 0.2) is 30.6 Å². The van der Waals surface area contributed by atoms with E-state index >= 15 is 0 Å². The van der Waals surface area contributed by atoms with Crippen LogP contribution in [0.3, 0.4) is 0 Å². The molecule has 0 bridgehead atoms. The number of carbonyl (C=O) groups excluding carboxylic acids is 1. The van der Waals surface area contributed by atoms with E-state index in [2.05, 4.69) is 47.9 Å². The van der Waals surface area contributed by atoms with E-state index < -0.39 is 0 Å². The van der Waals surface area contributed by atoms with Gasteiger partial charge in [-0.1, -0.05) is 51.4 Å². The van der Waals surface area contributed by atoms with Crippen LogP contribution in [0.4, 0.5) is 5.82 Å². The highest BCUT2D eigenvalue weighted by Crippen LogP contribution is 2.37. The first-order valence-electron chi connectivity index (χ1n) is 12.1. The molecule has 1 N–H and O–H groups in total. The first-order valence-corrected chi connectivity index (χ1v) is 12.4. The van der Waals surface area contributed by atoms with Gasteiger partial charge in [-0.05, 0) is 41.9 Å². The van der Waals surface area contributed by atoms with Crippen LogP contribution in [0.1, 0.15) is 62.8 Å². The highest BCUT2D eigenvalue weighted by atomic mass is 35.5. The number of nitrogens with zero attached hydrogens (tertiary/aromatic N) is 4. The predicted octanol–water partition coefficient (Wildman–Crippen LogP) is 4.25. The number of hydrogen-bond donors (Lipinski definition) is 1. The summed E-state index contributed by atoms with van der Waals surface area (Å²) in [5, 5.41) is 4.21. The van der Waals surface area contributed by atoms with Gasteiger partial charge in [-0.3, -0.25) is 4.79 Å². The molecule has 1 aromatic heterocycles. The molecule has 1 aliphatic heterocycles. The number of piperazine rings is 1. The second-order valence-corrected chi connectivity index (χ2v) is 11.0. The van der Waals surface area contributed by atoms with Gasteiger partial charge in [-0.15, -0.1) is 0 Å². The maximum Gasteiger partial charge on any atom is 0.231 e. The molecule has 6 nitrogen and oxygen atoms in total. The molecule has 1 aliphatic carbocycles. The van der Waals surface area contributed by atoms with Gasteiger partial charge in [-0.2, -0.15) is 0 Å². The lowest BCUT2D eigenvalue weighted by Gasteiger charge is -2.38. The molecule has 7 heteroatoms. The number of anilines is 1. The zero-order valence-electron chi connectivity index (χ0n) is 20.3. The molecule has 33 heavy (non-hydrogen) atoms. The standard InChI is InChI=1S/C26H36ClN5O/c1-18-5-10-22-23(18)24(30-17-29-22)31-11-13-32(14-12-31)25(33)21(15-28-16-26(2,3)4)19-6-8-20(27)9-7-19/h6-9,17-18,21,28H,5,10-16H2,1-4H3/t18-,21-/m1/s1. The van der Waals surface area contributed by atoms with Gasteiger partial charge >= 0.3 is 0 Å². The average Bonchev–Trinajstić information content (AvgIpc) is 3.18. The van der Waals surface area contributed by atoms with Gasteiger partial charge in [0.15, 0.2) is 0 Å². The summed E-state index contributed by atoms with van der Waals surface area (Å²) in [5.41, 5.74) is 3.67. The zero-order valence-corrected chi connectivity index (χ0v) is 21.0. The van der Waals surface area contributed by atoms with Crippen molar-refractivity contribution in [3.8, 4) is 0 Å². The van der Waals surface area contributed by atoms with Gasteiger partial charge in [-0.25, -0.2) is 9.97 Å². The van der Waals surface area contributed by atoms with E-state index in [-0.39, 0.29) is 17.2 Å². The van der Waals surface area contributed by atoms with Crippen LogP contribution in [-0.2, 0) is 11.2 Å². The molecule has 2 aliphatic rings. The Hall–Kier alpha value is -2.18. The van der Waals surface area contributed by atoms with Crippen molar-refractivity contribution in [2.24, 2.45) is 5.41 Å². The van der Waals surface area contributed by atoms with Crippen LogP contribution in [-0.4, -0.2) is 60.0 Å². The molecular weight excluding hydrogens is 434 g/mol. The van der Waals surface area contributed by atoms with Crippen LogP contribution in [0.25, 0.3) is 0 Å². The smallest absolute Gasteiger partial charge is 0.231 e. The van der Waals surface area contributed by atoms with Crippen molar-refractivity contribution in [1.82, 2.24) is 20.2 Å². The van der Waals surface area contributed by atoms with Crippen LogP contribution in [0.5, 0.6) is 0 Å². The van der Waals surface area contributed by atoms with E-state index in [1.54, 1.807) is 6.33 Å². The van der Waals surface area contributed by atoms with E-state index in [0.717, 1.165) is 43.9 Å². The molecule has 2 heterocycles. The van der Waals surface area contributed by atoms with Crippen molar-refractivity contribution in [3.05, 3.63) is 52.4 Å². The number of fused-ring (bicyclic) bond motifs is 1. The molecule has 0 radical (unpaired) electrons. The number of aromatic nitrogens is 2. The quantitative estimate of drug-likeness (QED) is 0.685. The lowest BCUT2D eigenvalue weighted by Crippen LogP contribution is -2.51. The summed E-state index contributed by atoms with van der Waals surface area (Å²) in [5.74, 6) is 1.52. The molecule has 178 valence electrons. The molecule has 1 saturated heterocycles. The van der Waals surface area contributed by atoms with Gasteiger partial charge in [0.2, 0.25) is 5.91 Å².